The molecule has 1 heterocycles. The molecule has 21 heavy (non-hydrogen) atoms. The highest BCUT2D eigenvalue weighted by molar-refractivity contribution is 5.49. The molecule has 0 saturated carbocycles. The summed E-state index contributed by atoms with van der Waals surface area (Å²) >= 11 is 0. The second-order valence-corrected chi connectivity index (χ2v) is 5.43. The van der Waals surface area contributed by atoms with Crippen molar-refractivity contribution in [1.82, 2.24) is 10.2 Å². The van der Waals surface area contributed by atoms with E-state index in [0.717, 1.165) is 37.8 Å². The van der Waals surface area contributed by atoms with Gasteiger partial charge in [0.05, 0.1) is 11.6 Å². The zero-order chi connectivity index (χ0) is 15.4. The molecule has 0 aromatic heterocycles. The van der Waals surface area contributed by atoms with Crippen molar-refractivity contribution < 1.29 is 9.50 Å². The first-order chi connectivity index (χ1) is 10.0. The maximum atomic E-state index is 13.7. The van der Waals surface area contributed by atoms with E-state index in [1.807, 2.05) is 6.92 Å². The Morgan fingerprint density at radius 2 is 2.19 bits per heavy atom. The van der Waals surface area contributed by atoms with Crippen LogP contribution in [-0.2, 0) is 0 Å². The van der Waals surface area contributed by atoms with Gasteiger partial charge >= 0.3 is 0 Å². The number of piperazine rings is 1. The molecule has 0 aliphatic carbocycles. The molecular weight excluding hydrogens is 269 g/mol. The highest BCUT2D eigenvalue weighted by Crippen LogP contribution is 2.37. The summed E-state index contributed by atoms with van der Waals surface area (Å²) in [4.78, 5) is 2.17. The molecule has 1 aromatic carbocycles. The first-order valence-corrected chi connectivity index (χ1v) is 7.05. The maximum absolute atomic E-state index is 13.7. The number of hydrogen-bond donors (Lipinski definition) is 2. The fourth-order valence-corrected chi connectivity index (χ4v) is 2.75. The molecule has 0 radical (unpaired) electrons. The average molecular weight is 289 g/mol. The van der Waals surface area contributed by atoms with E-state index < -0.39 is 11.6 Å². The van der Waals surface area contributed by atoms with Crippen LogP contribution < -0.4 is 5.32 Å². The van der Waals surface area contributed by atoms with E-state index >= 15 is 0 Å². The zero-order valence-corrected chi connectivity index (χ0v) is 12.2. The number of hydrogen-bond acceptors (Lipinski definition) is 4. The van der Waals surface area contributed by atoms with Crippen molar-refractivity contribution in [2.24, 2.45) is 0 Å². The Balaban J connectivity index is 2.47. The molecule has 5 heteroatoms. The van der Waals surface area contributed by atoms with Crippen molar-refractivity contribution in [2.45, 2.75) is 19.4 Å². The molecule has 1 aromatic rings. The van der Waals surface area contributed by atoms with Crippen molar-refractivity contribution in [3.63, 3.8) is 0 Å². The van der Waals surface area contributed by atoms with Crippen LogP contribution in [0.15, 0.2) is 24.3 Å². The summed E-state index contributed by atoms with van der Waals surface area (Å²) < 4.78 is 13.7. The van der Waals surface area contributed by atoms with E-state index in [2.05, 4.69) is 22.9 Å². The summed E-state index contributed by atoms with van der Waals surface area (Å²) in [5, 5.41) is 22.7. The van der Waals surface area contributed by atoms with Crippen molar-refractivity contribution in [3.05, 3.63) is 41.2 Å². The van der Waals surface area contributed by atoms with Gasteiger partial charge in [-0.25, -0.2) is 4.39 Å². The van der Waals surface area contributed by atoms with Crippen LogP contribution in [-0.4, -0.2) is 36.2 Å². The second kappa shape index (κ2) is 6.70. The van der Waals surface area contributed by atoms with E-state index in [1.165, 1.54) is 6.07 Å². The smallest absolute Gasteiger partial charge is 0.165 e. The average Bonchev–Trinajstić information content (AvgIpc) is 2.48. The van der Waals surface area contributed by atoms with Gasteiger partial charge in [-0.3, -0.25) is 4.90 Å². The summed E-state index contributed by atoms with van der Waals surface area (Å²) in [5.74, 6) is -1.11. The number of benzene rings is 1. The highest BCUT2D eigenvalue weighted by atomic mass is 19.1. The molecular formula is C16H20FN3O. The Labute approximate surface area is 124 Å². The predicted molar refractivity (Wildman–Crippen MR) is 79.4 cm³/mol. The molecule has 1 atom stereocenters. The number of phenolic OH excluding ortho intramolecular Hbond substituents is 1. The third-order valence-corrected chi connectivity index (χ3v) is 3.76. The minimum Gasteiger partial charge on any atom is -0.505 e. The van der Waals surface area contributed by atoms with Crippen LogP contribution in [0.3, 0.4) is 0 Å². The standard InChI is InChI=1S/C16H20FN3O/c1-11(2)9-14(20-7-5-19-6-8-20)15-12(10-18)3-4-13(17)16(15)21/h3-4,14,19,21H,1,5-9H2,2H3/t14-/m1/s1. The lowest BCUT2D eigenvalue weighted by Crippen LogP contribution is -2.45. The van der Waals surface area contributed by atoms with Crippen LogP contribution >= 0.6 is 0 Å². The molecule has 1 fully saturated rings. The van der Waals surface area contributed by atoms with E-state index in [0.29, 0.717) is 17.5 Å². The topological polar surface area (TPSA) is 59.3 Å². The molecule has 112 valence electrons. The molecule has 0 amide bonds. The minimum atomic E-state index is -0.689. The largest absolute Gasteiger partial charge is 0.505 e. The number of nitriles is 1. The second-order valence-electron chi connectivity index (χ2n) is 5.43. The van der Waals surface area contributed by atoms with E-state index in [9.17, 15) is 14.8 Å². The predicted octanol–water partition coefficient (Wildman–Crippen LogP) is 2.32. The van der Waals surface area contributed by atoms with Gasteiger partial charge in [0.15, 0.2) is 11.6 Å². The van der Waals surface area contributed by atoms with Crippen molar-refractivity contribution in [2.75, 3.05) is 26.2 Å². The van der Waals surface area contributed by atoms with Gasteiger partial charge < -0.3 is 10.4 Å². The first-order valence-electron chi connectivity index (χ1n) is 7.05. The van der Waals surface area contributed by atoms with Crippen LogP contribution in [0, 0.1) is 17.1 Å². The monoisotopic (exact) mass is 289 g/mol. The fraction of sp³-hybridized carbons (Fsp3) is 0.438. The fourth-order valence-electron chi connectivity index (χ4n) is 2.75. The maximum Gasteiger partial charge on any atom is 0.165 e. The van der Waals surface area contributed by atoms with Gasteiger partial charge in [-0.1, -0.05) is 5.57 Å². The first kappa shape index (κ1) is 15.5. The SMILES string of the molecule is C=C(C)C[C@H](c1c(C#N)ccc(F)c1O)N1CCNCC1. The summed E-state index contributed by atoms with van der Waals surface area (Å²) in [5.41, 5.74) is 1.63. The number of phenols is 1. The minimum absolute atomic E-state index is 0.227. The van der Waals surface area contributed by atoms with E-state index in [-0.39, 0.29) is 6.04 Å². The van der Waals surface area contributed by atoms with Gasteiger partial charge in [-0.15, -0.1) is 6.58 Å². The van der Waals surface area contributed by atoms with Crippen LogP contribution in [0.25, 0.3) is 0 Å². The Hall–Kier alpha value is -1.90. The molecule has 1 aliphatic rings. The number of halogens is 1. The highest BCUT2D eigenvalue weighted by Gasteiger charge is 2.28. The lowest BCUT2D eigenvalue weighted by Gasteiger charge is -2.36. The molecule has 2 rings (SSSR count). The Bertz CT molecular complexity index is 574. The van der Waals surface area contributed by atoms with Gasteiger partial charge in [-0.05, 0) is 25.5 Å². The van der Waals surface area contributed by atoms with Gasteiger partial charge in [0.2, 0.25) is 0 Å². The molecule has 0 unspecified atom stereocenters. The van der Waals surface area contributed by atoms with Crippen molar-refractivity contribution in [1.29, 1.82) is 5.26 Å². The normalized spacial score (nSPS) is 17.2. The van der Waals surface area contributed by atoms with Crippen LogP contribution in [0.4, 0.5) is 4.39 Å². The third kappa shape index (κ3) is 3.41. The van der Waals surface area contributed by atoms with Crippen molar-refractivity contribution >= 4 is 0 Å². The lowest BCUT2D eigenvalue weighted by atomic mass is 9.93. The molecule has 1 aliphatic heterocycles. The van der Waals surface area contributed by atoms with Gasteiger partial charge in [0, 0.05) is 37.8 Å². The lowest BCUT2D eigenvalue weighted by molar-refractivity contribution is 0.169. The molecule has 0 spiro atoms. The van der Waals surface area contributed by atoms with Gasteiger partial charge in [0.25, 0.3) is 0 Å². The van der Waals surface area contributed by atoms with Crippen LogP contribution in [0.1, 0.15) is 30.5 Å². The zero-order valence-electron chi connectivity index (χ0n) is 12.2. The van der Waals surface area contributed by atoms with Gasteiger partial charge in [-0.2, -0.15) is 5.26 Å². The van der Waals surface area contributed by atoms with E-state index in [4.69, 9.17) is 0 Å². The number of nitrogens with one attached hydrogen (secondary N) is 1. The van der Waals surface area contributed by atoms with Crippen LogP contribution in [0.5, 0.6) is 5.75 Å². The van der Waals surface area contributed by atoms with E-state index in [1.54, 1.807) is 0 Å². The summed E-state index contributed by atoms with van der Waals surface area (Å²) in [6.07, 6.45) is 0.589. The van der Waals surface area contributed by atoms with Gasteiger partial charge in [0.1, 0.15) is 0 Å². The Morgan fingerprint density at radius 3 is 2.76 bits per heavy atom. The molecule has 0 bridgehead atoms. The Kier molecular flexibility index (Phi) is 4.94. The Morgan fingerprint density at radius 1 is 1.52 bits per heavy atom. The number of rotatable bonds is 4. The molecule has 4 nitrogen and oxygen atoms in total. The van der Waals surface area contributed by atoms with Crippen LogP contribution in [0.2, 0.25) is 0 Å². The summed E-state index contributed by atoms with van der Waals surface area (Å²) in [7, 11) is 0. The molecule has 2 N–H and O–H groups in total. The summed E-state index contributed by atoms with van der Waals surface area (Å²) in [6.45, 7) is 9.08. The molecule has 1 saturated heterocycles. The summed E-state index contributed by atoms with van der Waals surface area (Å²) in [6, 6.07) is 4.39. The number of aromatic hydroxyl groups is 1. The quantitative estimate of drug-likeness (QED) is 0.835. The van der Waals surface area contributed by atoms with Crippen molar-refractivity contribution in [3.8, 4) is 11.8 Å². The number of nitrogens with zero attached hydrogens (tertiary/aromatic N) is 2. The third-order valence-electron chi connectivity index (χ3n) is 3.76.